The van der Waals surface area contributed by atoms with Gasteiger partial charge in [-0.3, -0.25) is 4.90 Å². The third kappa shape index (κ3) is 3.74. The molecule has 3 heteroatoms. The number of ether oxygens (including phenoxy) is 1. The second-order valence-corrected chi connectivity index (χ2v) is 4.89. The van der Waals surface area contributed by atoms with Crippen molar-refractivity contribution in [3.8, 4) is 0 Å². The van der Waals surface area contributed by atoms with Crippen molar-refractivity contribution >= 4 is 0 Å². The van der Waals surface area contributed by atoms with Gasteiger partial charge in [0.15, 0.2) is 0 Å². The van der Waals surface area contributed by atoms with Crippen LogP contribution in [0.5, 0.6) is 0 Å². The minimum atomic E-state index is 0.0338. The minimum Gasteiger partial charge on any atom is -0.383 e. The second kappa shape index (κ2) is 6.46. The van der Waals surface area contributed by atoms with Crippen molar-refractivity contribution in [2.45, 2.75) is 44.6 Å². The molecule has 1 saturated heterocycles. The minimum absolute atomic E-state index is 0.0338. The average Bonchev–Trinajstić information content (AvgIpc) is 2.17. The Bertz CT molecular complexity index is 167. The fourth-order valence-electron chi connectivity index (χ4n) is 2.38. The van der Waals surface area contributed by atoms with E-state index in [0.29, 0.717) is 6.54 Å². The molecule has 1 heterocycles. The van der Waals surface area contributed by atoms with Gasteiger partial charge in [-0.05, 0) is 32.9 Å². The summed E-state index contributed by atoms with van der Waals surface area (Å²) < 4.78 is 5.30. The third-order valence-corrected chi connectivity index (χ3v) is 3.51. The highest BCUT2D eigenvalue weighted by molar-refractivity contribution is 4.87. The highest BCUT2D eigenvalue weighted by atomic mass is 16.5. The van der Waals surface area contributed by atoms with Crippen molar-refractivity contribution < 1.29 is 4.74 Å². The van der Waals surface area contributed by atoms with Crippen molar-refractivity contribution in [2.24, 2.45) is 5.73 Å². The van der Waals surface area contributed by atoms with Crippen molar-refractivity contribution in [3.63, 3.8) is 0 Å². The molecule has 1 rings (SSSR count). The normalized spacial score (nSPS) is 24.2. The van der Waals surface area contributed by atoms with Crippen molar-refractivity contribution in [1.82, 2.24) is 4.90 Å². The Hall–Kier alpha value is -0.120. The quantitative estimate of drug-likeness (QED) is 0.773. The zero-order chi connectivity index (χ0) is 11.1. The molecule has 1 atom stereocenters. The van der Waals surface area contributed by atoms with Gasteiger partial charge in [0.1, 0.15) is 0 Å². The fraction of sp³-hybridized carbons (Fsp3) is 1.00. The summed E-state index contributed by atoms with van der Waals surface area (Å²) in [7, 11) is 1.76. The zero-order valence-corrected chi connectivity index (χ0v) is 10.3. The molecule has 2 N–H and O–H groups in total. The summed E-state index contributed by atoms with van der Waals surface area (Å²) in [5.41, 5.74) is 5.93. The van der Waals surface area contributed by atoms with Crippen LogP contribution in [-0.4, -0.2) is 43.8 Å². The molecule has 90 valence electrons. The standard InChI is InChI=1S/C12H26N2O/c1-12(10-13,11-15-2)14-8-6-4-3-5-7-9-14/h3-11,13H2,1-2H3. The Morgan fingerprint density at radius 1 is 1.13 bits per heavy atom. The van der Waals surface area contributed by atoms with Gasteiger partial charge in [-0.25, -0.2) is 0 Å². The molecule has 0 aliphatic carbocycles. The van der Waals surface area contributed by atoms with Crippen LogP contribution in [0.25, 0.3) is 0 Å². The molecule has 0 aromatic heterocycles. The van der Waals surface area contributed by atoms with E-state index < -0.39 is 0 Å². The first-order chi connectivity index (χ1) is 7.23. The lowest BCUT2D eigenvalue weighted by Gasteiger charge is -2.41. The van der Waals surface area contributed by atoms with Gasteiger partial charge < -0.3 is 10.5 Å². The molecule has 0 spiro atoms. The van der Waals surface area contributed by atoms with E-state index in [-0.39, 0.29) is 5.54 Å². The Kier molecular flexibility index (Phi) is 5.58. The van der Waals surface area contributed by atoms with Gasteiger partial charge in [0.25, 0.3) is 0 Å². The maximum Gasteiger partial charge on any atom is 0.0656 e. The Morgan fingerprint density at radius 2 is 1.67 bits per heavy atom. The number of rotatable bonds is 4. The molecule has 0 aromatic rings. The molecule has 0 bridgehead atoms. The van der Waals surface area contributed by atoms with E-state index in [0.717, 1.165) is 6.61 Å². The van der Waals surface area contributed by atoms with Crippen molar-refractivity contribution in [3.05, 3.63) is 0 Å². The van der Waals surface area contributed by atoms with Crippen LogP contribution in [0, 0.1) is 0 Å². The van der Waals surface area contributed by atoms with Crippen LogP contribution in [0.4, 0.5) is 0 Å². The van der Waals surface area contributed by atoms with E-state index in [1.54, 1.807) is 7.11 Å². The monoisotopic (exact) mass is 214 g/mol. The highest BCUT2D eigenvalue weighted by Crippen LogP contribution is 2.19. The van der Waals surface area contributed by atoms with Crippen molar-refractivity contribution in [2.75, 3.05) is 33.4 Å². The van der Waals surface area contributed by atoms with Gasteiger partial charge in [-0.1, -0.05) is 19.3 Å². The smallest absolute Gasteiger partial charge is 0.0656 e. The lowest BCUT2D eigenvalue weighted by atomic mass is 9.98. The topological polar surface area (TPSA) is 38.5 Å². The van der Waals surface area contributed by atoms with Crippen molar-refractivity contribution in [1.29, 1.82) is 0 Å². The lowest BCUT2D eigenvalue weighted by Crippen LogP contribution is -2.55. The van der Waals surface area contributed by atoms with Crippen LogP contribution >= 0.6 is 0 Å². The predicted octanol–water partition coefficient (Wildman–Crippen LogP) is 1.62. The first kappa shape index (κ1) is 12.9. The van der Waals surface area contributed by atoms with Crippen LogP contribution in [-0.2, 0) is 4.74 Å². The van der Waals surface area contributed by atoms with E-state index in [1.807, 2.05) is 0 Å². The maximum absolute atomic E-state index is 5.89. The van der Waals surface area contributed by atoms with Gasteiger partial charge in [-0.15, -0.1) is 0 Å². The Labute approximate surface area is 94.0 Å². The lowest BCUT2D eigenvalue weighted by molar-refractivity contribution is 0.0222. The summed E-state index contributed by atoms with van der Waals surface area (Å²) in [4.78, 5) is 2.52. The average molecular weight is 214 g/mol. The van der Waals surface area contributed by atoms with E-state index in [1.165, 1.54) is 45.2 Å². The van der Waals surface area contributed by atoms with Crippen LogP contribution < -0.4 is 5.73 Å². The molecule has 1 aliphatic rings. The fourth-order valence-corrected chi connectivity index (χ4v) is 2.38. The zero-order valence-electron chi connectivity index (χ0n) is 10.3. The molecule has 0 aromatic carbocycles. The second-order valence-electron chi connectivity index (χ2n) is 4.89. The van der Waals surface area contributed by atoms with Crippen LogP contribution in [0.3, 0.4) is 0 Å². The summed E-state index contributed by atoms with van der Waals surface area (Å²) in [5, 5.41) is 0. The Balaban J connectivity index is 2.54. The summed E-state index contributed by atoms with van der Waals surface area (Å²) in [6, 6.07) is 0. The largest absolute Gasteiger partial charge is 0.383 e. The number of nitrogens with zero attached hydrogens (tertiary/aromatic N) is 1. The summed E-state index contributed by atoms with van der Waals surface area (Å²) in [6.45, 7) is 6.00. The first-order valence-electron chi connectivity index (χ1n) is 6.17. The summed E-state index contributed by atoms with van der Waals surface area (Å²) >= 11 is 0. The highest BCUT2D eigenvalue weighted by Gasteiger charge is 2.30. The number of likely N-dealkylation sites (tertiary alicyclic amines) is 1. The molecular formula is C12H26N2O. The Morgan fingerprint density at radius 3 is 2.13 bits per heavy atom. The van der Waals surface area contributed by atoms with E-state index >= 15 is 0 Å². The van der Waals surface area contributed by atoms with Crippen LogP contribution in [0.1, 0.15) is 39.0 Å². The first-order valence-corrected chi connectivity index (χ1v) is 6.17. The SMILES string of the molecule is COCC(C)(CN)N1CCCCCCC1. The molecule has 3 nitrogen and oxygen atoms in total. The molecule has 15 heavy (non-hydrogen) atoms. The number of methoxy groups -OCH3 is 1. The molecule has 1 aliphatic heterocycles. The van der Waals surface area contributed by atoms with E-state index in [2.05, 4.69) is 11.8 Å². The number of nitrogens with two attached hydrogens (primary N) is 1. The molecule has 1 fully saturated rings. The van der Waals surface area contributed by atoms with Gasteiger partial charge in [0.05, 0.1) is 12.1 Å². The maximum atomic E-state index is 5.89. The molecular weight excluding hydrogens is 188 g/mol. The molecule has 0 amide bonds. The van der Waals surface area contributed by atoms with Gasteiger partial charge in [0.2, 0.25) is 0 Å². The number of hydrogen-bond donors (Lipinski definition) is 1. The molecule has 0 radical (unpaired) electrons. The molecule has 1 unspecified atom stereocenters. The summed E-state index contributed by atoms with van der Waals surface area (Å²) in [5.74, 6) is 0. The predicted molar refractivity (Wildman–Crippen MR) is 64.0 cm³/mol. The third-order valence-electron chi connectivity index (χ3n) is 3.51. The van der Waals surface area contributed by atoms with Gasteiger partial charge >= 0.3 is 0 Å². The van der Waals surface area contributed by atoms with E-state index in [9.17, 15) is 0 Å². The van der Waals surface area contributed by atoms with Crippen LogP contribution in [0.2, 0.25) is 0 Å². The van der Waals surface area contributed by atoms with Gasteiger partial charge in [-0.2, -0.15) is 0 Å². The van der Waals surface area contributed by atoms with Crippen LogP contribution in [0.15, 0.2) is 0 Å². The van der Waals surface area contributed by atoms with Gasteiger partial charge in [0, 0.05) is 13.7 Å². The number of hydrogen-bond acceptors (Lipinski definition) is 3. The molecule has 0 saturated carbocycles. The van der Waals surface area contributed by atoms with E-state index in [4.69, 9.17) is 10.5 Å². The summed E-state index contributed by atoms with van der Waals surface area (Å²) in [6.07, 6.45) is 6.74.